The molecule has 3 rings (SSSR count). The quantitative estimate of drug-likeness (QED) is 0.736. The molecule has 0 fully saturated rings. The summed E-state index contributed by atoms with van der Waals surface area (Å²) in [4.78, 5) is 16.2. The number of carbonyl (C=O) groups is 1. The van der Waals surface area contributed by atoms with Gasteiger partial charge in [0.2, 0.25) is 0 Å². The van der Waals surface area contributed by atoms with E-state index in [4.69, 9.17) is 4.74 Å². The van der Waals surface area contributed by atoms with Crippen LogP contribution in [0.4, 0.5) is 10.6 Å². The number of carbonyl (C=O) groups excluding carboxylic acids is 1. The molecule has 0 spiro atoms. The van der Waals surface area contributed by atoms with Gasteiger partial charge >= 0.3 is 6.09 Å². The van der Waals surface area contributed by atoms with Crippen LogP contribution in [0.1, 0.15) is 5.56 Å². The Kier molecular flexibility index (Phi) is 4.34. The minimum Gasteiger partial charge on any atom is -0.444 e. The molecule has 0 saturated carbocycles. The lowest BCUT2D eigenvalue weighted by Crippen LogP contribution is -2.14. The van der Waals surface area contributed by atoms with Crippen LogP contribution in [0.2, 0.25) is 0 Å². The van der Waals surface area contributed by atoms with Crippen molar-refractivity contribution in [2.75, 3.05) is 5.32 Å². The van der Waals surface area contributed by atoms with Crippen LogP contribution in [-0.2, 0) is 11.3 Å². The molecular formula is C17H13BrN2O2. The zero-order chi connectivity index (χ0) is 15.4. The fraction of sp³-hybridized carbons (Fsp3) is 0.0588. The maximum Gasteiger partial charge on any atom is 0.413 e. The van der Waals surface area contributed by atoms with Gasteiger partial charge in [0, 0.05) is 21.4 Å². The smallest absolute Gasteiger partial charge is 0.413 e. The first-order valence-electron chi connectivity index (χ1n) is 6.75. The molecule has 0 saturated heterocycles. The first-order chi connectivity index (χ1) is 10.7. The van der Waals surface area contributed by atoms with Gasteiger partial charge in [-0.1, -0.05) is 54.6 Å². The van der Waals surface area contributed by atoms with Crippen LogP contribution < -0.4 is 5.32 Å². The highest BCUT2D eigenvalue weighted by molar-refractivity contribution is 9.10. The lowest BCUT2D eigenvalue weighted by molar-refractivity contribution is 0.155. The van der Waals surface area contributed by atoms with Gasteiger partial charge in [0.1, 0.15) is 12.4 Å². The summed E-state index contributed by atoms with van der Waals surface area (Å²) in [5, 5.41) is 4.53. The first-order valence-corrected chi connectivity index (χ1v) is 7.54. The number of anilines is 1. The number of rotatable bonds is 3. The second kappa shape index (κ2) is 6.58. The Bertz CT molecular complexity index is 806. The van der Waals surface area contributed by atoms with E-state index in [-0.39, 0.29) is 6.61 Å². The van der Waals surface area contributed by atoms with Gasteiger partial charge in [-0.25, -0.2) is 9.78 Å². The number of nitrogens with one attached hydrogen (secondary N) is 1. The molecule has 4 nitrogen and oxygen atoms in total. The molecule has 0 atom stereocenters. The number of pyridine rings is 1. The topological polar surface area (TPSA) is 51.2 Å². The van der Waals surface area contributed by atoms with Gasteiger partial charge in [0.05, 0.1) is 0 Å². The molecule has 3 aromatic rings. The molecule has 0 aliphatic carbocycles. The molecule has 1 N–H and O–H groups in total. The van der Waals surface area contributed by atoms with Gasteiger partial charge in [0.25, 0.3) is 0 Å². The summed E-state index contributed by atoms with van der Waals surface area (Å²) < 4.78 is 6.09. The second-order valence-electron chi connectivity index (χ2n) is 4.69. The number of aromatic nitrogens is 1. The molecule has 22 heavy (non-hydrogen) atoms. The Morgan fingerprint density at radius 1 is 1.05 bits per heavy atom. The van der Waals surface area contributed by atoms with E-state index in [0.717, 1.165) is 20.8 Å². The zero-order valence-corrected chi connectivity index (χ0v) is 13.2. The maximum atomic E-state index is 11.9. The Hall–Kier alpha value is -2.40. The molecule has 1 heterocycles. The minimum absolute atomic E-state index is 0.223. The van der Waals surface area contributed by atoms with Gasteiger partial charge < -0.3 is 4.74 Å². The van der Waals surface area contributed by atoms with Crippen LogP contribution in [0.3, 0.4) is 0 Å². The number of benzene rings is 2. The molecule has 2 aromatic carbocycles. The van der Waals surface area contributed by atoms with Crippen molar-refractivity contribution in [1.29, 1.82) is 0 Å². The van der Waals surface area contributed by atoms with Gasteiger partial charge in [-0.05, 0) is 21.5 Å². The third-order valence-corrected chi connectivity index (χ3v) is 3.81. The van der Waals surface area contributed by atoms with E-state index in [9.17, 15) is 4.79 Å². The average molecular weight is 357 g/mol. The Labute approximate surface area is 136 Å². The number of hydrogen-bond donors (Lipinski definition) is 1. The largest absolute Gasteiger partial charge is 0.444 e. The van der Waals surface area contributed by atoms with Crippen molar-refractivity contribution in [1.82, 2.24) is 4.98 Å². The lowest BCUT2D eigenvalue weighted by atomic mass is 10.1. The van der Waals surface area contributed by atoms with Crippen molar-refractivity contribution in [2.45, 2.75) is 6.61 Å². The highest BCUT2D eigenvalue weighted by Gasteiger charge is 2.09. The first kappa shape index (κ1) is 14.5. The van der Waals surface area contributed by atoms with Crippen LogP contribution in [0.5, 0.6) is 0 Å². The van der Waals surface area contributed by atoms with E-state index in [0.29, 0.717) is 5.82 Å². The van der Waals surface area contributed by atoms with Crippen molar-refractivity contribution in [3.05, 3.63) is 70.8 Å². The van der Waals surface area contributed by atoms with E-state index in [2.05, 4.69) is 26.2 Å². The molecule has 0 unspecified atom stereocenters. The molecule has 5 heteroatoms. The normalized spacial score (nSPS) is 10.4. The van der Waals surface area contributed by atoms with Gasteiger partial charge in [-0.3, -0.25) is 5.32 Å². The van der Waals surface area contributed by atoms with Gasteiger partial charge in [-0.2, -0.15) is 0 Å². The van der Waals surface area contributed by atoms with E-state index >= 15 is 0 Å². The van der Waals surface area contributed by atoms with Gasteiger partial charge in [-0.15, -0.1) is 0 Å². The van der Waals surface area contributed by atoms with Crippen molar-refractivity contribution < 1.29 is 9.53 Å². The lowest BCUT2D eigenvalue weighted by Gasteiger charge is -2.09. The average Bonchev–Trinajstić information content (AvgIpc) is 2.57. The Morgan fingerprint density at radius 2 is 1.73 bits per heavy atom. The predicted molar refractivity (Wildman–Crippen MR) is 89.7 cm³/mol. The van der Waals surface area contributed by atoms with E-state index in [1.165, 1.54) is 0 Å². The molecule has 0 radical (unpaired) electrons. The summed E-state index contributed by atoms with van der Waals surface area (Å²) >= 11 is 3.45. The molecular weight excluding hydrogens is 344 g/mol. The predicted octanol–water partition coefficient (Wildman–Crippen LogP) is 4.75. The monoisotopic (exact) mass is 356 g/mol. The molecule has 110 valence electrons. The molecule has 0 aliphatic rings. The summed E-state index contributed by atoms with van der Waals surface area (Å²) in [7, 11) is 0. The summed E-state index contributed by atoms with van der Waals surface area (Å²) in [6.45, 7) is 0.223. The van der Waals surface area contributed by atoms with E-state index < -0.39 is 6.09 Å². The third-order valence-electron chi connectivity index (χ3n) is 3.18. The zero-order valence-electron chi connectivity index (χ0n) is 11.6. The van der Waals surface area contributed by atoms with Crippen LogP contribution in [0.15, 0.2) is 65.3 Å². The highest BCUT2D eigenvalue weighted by atomic mass is 79.9. The summed E-state index contributed by atoms with van der Waals surface area (Å²) in [6, 6.07) is 17.2. The van der Waals surface area contributed by atoms with Crippen molar-refractivity contribution in [3.8, 4) is 0 Å². The Morgan fingerprint density at radius 3 is 2.50 bits per heavy atom. The summed E-state index contributed by atoms with van der Waals surface area (Å²) in [5.74, 6) is 0.483. The number of fused-ring (bicyclic) bond motifs is 1. The number of nitrogens with zero attached hydrogens (tertiary/aromatic N) is 1. The van der Waals surface area contributed by atoms with E-state index in [1.807, 2.05) is 54.6 Å². The number of amides is 1. The summed E-state index contributed by atoms with van der Waals surface area (Å²) in [6.07, 6.45) is 1.14. The Balaban J connectivity index is 1.73. The fourth-order valence-electron chi connectivity index (χ4n) is 2.11. The van der Waals surface area contributed by atoms with Crippen LogP contribution in [-0.4, -0.2) is 11.1 Å². The third kappa shape index (κ3) is 3.26. The van der Waals surface area contributed by atoms with Gasteiger partial charge in [0.15, 0.2) is 0 Å². The number of hydrogen-bond acceptors (Lipinski definition) is 3. The maximum absolute atomic E-state index is 11.9. The van der Waals surface area contributed by atoms with Crippen molar-refractivity contribution >= 4 is 38.6 Å². The minimum atomic E-state index is -0.524. The highest BCUT2D eigenvalue weighted by Crippen LogP contribution is 2.27. The van der Waals surface area contributed by atoms with E-state index in [1.54, 1.807) is 6.20 Å². The standard InChI is InChI=1S/C17H13BrN2O2/c18-15-10-19-16(14-9-5-4-8-13(14)15)20-17(21)22-11-12-6-2-1-3-7-12/h1-10H,11H2,(H,19,20,21). The molecule has 0 bridgehead atoms. The SMILES string of the molecule is O=C(Nc1ncc(Br)c2ccccc12)OCc1ccccc1. The van der Waals surface area contributed by atoms with Crippen LogP contribution in [0.25, 0.3) is 10.8 Å². The van der Waals surface area contributed by atoms with Crippen molar-refractivity contribution in [3.63, 3.8) is 0 Å². The van der Waals surface area contributed by atoms with Crippen LogP contribution in [0, 0.1) is 0 Å². The fourth-order valence-corrected chi connectivity index (χ4v) is 2.56. The number of halogens is 1. The number of ether oxygens (including phenoxy) is 1. The second-order valence-corrected chi connectivity index (χ2v) is 5.54. The molecule has 1 aromatic heterocycles. The summed E-state index contributed by atoms with van der Waals surface area (Å²) in [5.41, 5.74) is 0.936. The molecule has 1 amide bonds. The van der Waals surface area contributed by atoms with Crippen molar-refractivity contribution in [2.24, 2.45) is 0 Å². The van der Waals surface area contributed by atoms with Crippen LogP contribution >= 0.6 is 15.9 Å². The molecule has 0 aliphatic heterocycles.